The minimum Gasteiger partial charge on any atom is -0.392 e. The molecular formula is C16H23NO3S. The number of rotatable bonds is 6. The Bertz CT molecular complexity index is 582. The zero-order valence-electron chi connectivity index (χ0n) is 12.2. The first-order valence-electron chi connectivity index (χ1n) is 7.72. The molecule has 0 aliphatic heterocycles. The van der Waals surface area contributed by atoms with Crippen LogP contribution in [0.3, 0.4) is 0 Å². The molecular weight excluding hydrogens is 286 g/mol. The Hall–Kier alpha value is -0.910. The summed E-state index contributed by atoms with van der Waals surface area (Å²) in [4.78, 5) is 0. The van der Waals surface area contributed by atoms with Crippen LogP contribution in [-0.4, -0.2) is 20.1 Å². The molecule has 3 unspecified atom stereocenters. The highest BCUT2D eigenvalue weighted by atomic mass is 32.2. The van der Waals surface area contributed by atoms with Crippen molar-refractivity contribution in [1.82, 2.24) is 4.72 Å². The van der Waals surface area contributed by atoms with Crippen molar-refractivity contribution >= 4 is 10.0 Å². The minimum absolute atomic E-state index is 0.0134. The topological polar surface area (TPSA) is 66.4 Å². The Morgan fingerprint density at radius 1 is 1.10 bits per heavy atom. The van der Waals surface area contributed by atoms with Crippen molar-refractivity contribution in [2.75, 3.05) is 6.54 Å². The lowest BCUT2D eigenvalue weighted by Gasteiger charge is -2.21. The summed E-state index contributed by atoms with van der Waals surface area (Å²) in [5, 5.41) is 8.99. The first-order chi connectivity index (χ1) is 10.1. The van der Waals surface area contributed by atoms with Crippen LogP contribution in [0.4, 0.5) is 0 Å². The fourth-order valence-corrected chi connectivity index (χ4v) is 5.07. The number of hydrogen-bond acceptors (Lipinski definition) is 3. The standard InChI is InChI=1S/C16H23NO3S/c18-10-12-1-3-13(4-2-12)11-21(19,20)17-9-16-8-14-5-6-15(16)7-14/h1-4,14-18H,5-11H2. The van der Waals surface area contributed by atoms with Crippen LogP contribution >= 0.6 is 0 Å². The van der Waals surface area contributed by atoms with Crippen LogP contribution in [0.15, 0.2) is 24.3 Å². The van der Waals surface area contributed by atoms with Crippen LogP contribution in [0.2, 0.25) is 0 Å². The van der Waals surface area contributed by atoms with E-state index in [2.05, 4.69) is 4.72 Å². The average Bonchev–Trinajstić information content (AvgIpc) is 3.08. The summed E-state index contributed by atoms with van der Waals surface area (Å²) in [6, 6.07) is 7.06. The molecule has 0 aromatic heterocycles. The van der Waals surface area contributed by atoms with E-state index in [1.807, 2.05) is 0 Å². The van der Waals surface area contributed by atoms with Crippen molar-refractivity contribution in [3.63, 3.8) is 0 Å². The highest BCUT2D eigenvalue weighted by Crippen LogP contribution is 2.47. The maximum Gasteiger partial charge on any atom is 0.215 e. The van der Waals surface area contributed by atoms with E-state index in [0.29, 0.717) is 12.5 Å². The number of aliphatic hydroxyl groups is 1. The van der Waals surface area contributed by atoms with E-state index < -0.39 is 10.0 Å². The molecule has 4 nitrogen and oxygen atoms in total. The van der Waals surface area contributed by atoms with Gasteiger partial charge in [-0.05, 0) is 48.1 Å². The first kappa shape index (κ1) is 15.0. The van der Waals surface area contributed by atoms with Gasteiger partial charge in [0.25, 0.3) is 0 Å². The second-order valence-electron chi connectivity index (χ2n) is 6.52. The van der Waals surface area contributed by atoms with Crippen molar-refractivity contribution < 1.29 is 13.5 Å². The molecule has 2 aliphatic rings. The lowest BCUT2D eigenvalue weighted by atomic mass is 9.89. The molecule has 0 amide bonds. The monoisotopic (exact) mass is 309 g/mol. The minimum atomic E-state index is -3.27. The normalized spacial score (nSPS) is 28.1. The molecule has 1 aromatic carbocycles. The lowest BCUT2D eigenvalue weighted by molar-refractivity contribution is 0.282. The molecule has 3 rings (SSSR count). The van der Waals surface area contributed by atoms with Gasteiger partial charge in [0.2, 0.25) is 10.0 Å². The average molecular weight is 309 g/mol. The van der Waals surface area contributed by atoms with E-state index in [1.165, 1.54) is 25.7 Å². The number of nitrogens with one attached hydrogen (secondary N) is 1. The summed E-state index contributed by atoms with van der Waals surface area (Å²) in [7, 11) is -3.27. The summed E-state index contributed by atoms with van der Waals surface area (Å²) in [5.41, 5.74) is 1.55. The molecule has 5 heteroatoms. The van der Waals surface area contributed by atoms with E-state index >= 15 is 0 Å². The summed E-state index contributed by atoms with van der Waals surface area (Å²) >= 11 is 0. The third kappa shape index (κ3) is 3.65. The Labute approximate surface area is 126 Å². The lowest BCUT2D eigenvalue weighted by Crippen LogP contribution is -2.32. The van der Waals surface area contributed by atoms with E-state index in [9.17, 15) is 8.42 Å². The van der Waals surface area contributed by atoms with Gasteiger partial charge in [-0.1, -0.05) is 30.7 Å². The fourth-order valence-electron chi connectivity index (χ4n) is 3.87. The molecule has 2 fully saturated rings. The van der Waals surface area contributed by atoms with Crippen LogP contribution in [0.5, 0.6) is 0 Å². The SMILES string of the molecule is O=S(=O)(Cc1ccc(CO)cc1)NCC1CC2CCC1C2. The van der Waals surface area contributed by atoms with Gasteiger partial charge in [0.1, 0.15) is 0 Å². The number of benzene rings is 1. The molecule has 21 heavy (non-hydrogen) atoms. The molecule has 2 saturated carbocycles. The summed E-state index contributed by atoms with van der Waals surface area (Å²) in [5.74, 6) is 2.13. The Balaban J connectivity index is 1.54. The number of fused-ring (bicyclic) bond motifs is 2. The highest BCUT2D eigenvalue weighted by molar-refractivity contribution is 7.88. The zero-order chi connectivity index (χ0) is 14.9. The van der Waals surface area contributed by atoms with Gasteiger partial charge in [0.15, 0.2) is 0 Å². The molecule has 1 aromatic rings. The van der Waals surface area contributed by atoms with Crippen LogP contribution in [-0.2, 0) is 22.4 Å². The number of aliphatic hydroxyl groups excluding tert-OH is 1. The molecule has 2 bridgehead atoms. The number of sulfonamides is 1. The maximum atomic E-state index is 12.2. The van der Waals surface area contributed by atoms with Gasteiger partial charge in [-0.2, -0.15) is 0 Å². The predicted molar refractivity (Wildman–Crippen MR) is 81.9 cm³/mol. The van der Waals surface area contributed by atoms with Crippen molar-refractivity contribution in [3.05, 3.63) is 35.4 Å². The Morgan fingerprint density at radius 2 is 1.81 bits per heavy atom. The largest absolute Gasteiger partial charge is 0.392 e. The van der Waals surface area contributed by atoms with Gasteiger partial charge in [-0.25, -0.2) is 13.1 Å². The number of hydrogen-bond donors (Lipinski definition) is 2. The molecule has 116 valence electrons. The van der Waals surface area contributed by atoms with Crippen molar-refractivity contribution in [1.29, 1.82) is 0 Å². The molecule has 2 N–H and O–H groups in total. The Morgan fingerprint density at radius 3 is 2.38 bits per heavy atom. The predicted octanol–water partition coefficient (Wildman–Crippen LogP) is 2.03. The van der Waals surface area contributed by atoms with Crippen LogP contribution in [0, 0.1) is 17.8 Å². The van der Waals surface area contributed by atoms with Crippen LogP contribution < -0.4 is 4.72 Å². The second-order valence-corrected chi connectivity index (χ2v) is 8.32. The van der Waals surface area contributed by atoms with Gasteiger partial charge in [0.05, 0.1) is 12.4 Å². The van der Waals surface area contributed by atoms with E-state index in [0.717, 1.165) is 23.0 Å². The summed E-state index contributed by atoms with van der Waals surface area (Å²) < 4.78 is 27.1. The molecule has 0 radical (unpaired) electrons. The van der Waals surface area contributed by atoms with Gasteiger partial charge in [0, 0.05) is 6.54 Å². The van der Waals surface area contributed by atoms with Gasteiger partial charge in [-0.3, -0.25) is 0 Å². The van der Waals surface area contributed by atoms with Gasteiger partial charge < -0.3 is 5.11 Å². The highest BCUT2D eigenvalue weighted by Gasteiger charge is 2.39. The third-order valence-electron chi connectivity index (χ3n) is 5.01. The molecule has 3 atom stereocenters. The zero-order valence-corrected chi connectivity index (χ0v) is 13.0. The van der Waals surface area contributed by atoms with Crippen LogP contribution in [0.25, 0.3) is 0 Å². The smallest absolute Gasteiger partial charge is 0.215 e. The summed E-state index contributed by atoms with van der Waals surface area (Å²) in [6.45, 7) is 0.577. The quantitative estimate of drug-likeness (QED) is 0.845. The van der Waals surface area contributed by atoms with Crippen molar-refractivity contribution in [3.8, 4) is 0 Å². The molecule has 2 aliphatic carbocycles. The fraction of sp³-hybridized carbons (Fsp3) is 0.625. The van der Waals surface area contributed by atoms with Crippen molar-refractivity contribution in [2.45, 2.75) is 38.0 Å². The maximum absolute atomic E-state index is 12.2. The van der Waals surface area contributed by atoms with Gasteiger partial charge >= 0.3 is 0 Å². The van der Waals surface area contributed by atoms with E-state index in [4.69, 9.17) is 5.11 Å². The Kier molecular flexibility index (Phi) is 4.33. The molecule has 0 heterocycles. The van der Waals surface area contributed by atoms with E-state index in [1.54, 1.807) is 24.3 Å². The second kappa shape index (κ2) is 6.07. The van der Waals surface area contributed by atoms with Crippen molar-refractivity contribution in [2.24, 2.45) is 17.8 Å². The molecule has 0 saturated heterocycles. The third-order valence-corrected chi connectivity index (χ3v) is 6.33. The van der Waals surface area contributed by atoms with Gasteiger partial charge in [-0.15, -0.1) is 0 Å². The summed E-state index contributed by atoms with van der Waals surface area (Å²) in [6.07, 6.45) is 5.11. The van der Waals surface area contributed by atoms with Crippen LogP contribution in [0.1, 0.15) is 36.8 Å². The first-order valence-corrected chi connectivity index (χ1v) is 9.37. The molecule has 0 spiro atoms. The van der Waals surface area contributed by atoms with E-state index in [-0.39, 0.29) is 12.4 Å².